The van der Waals surface area contributed by atoms with Crippen molar-refractivity contribution >= 4 is 22.8 Å². The molecule has 1 aromatic heterocycles. The maximum Gasteiger partial charge on any atom is 0.251 e. The van der Waals surface area contributed by atoms with Crippen molar-refractivity contribution in [2.75, 3.05) is 6.54 Å². The zero-order valence-electron chi connectivity index (χ0n) is 13.0. The molecule has 0 saturated carbocycles. The molecule has 0 bridgehead atoms. The fourth-order valence-electron chi connectivity index (χ4n) is 2.80. The van der Waals surface area contributed by atoms with Gasteiger partial charge in [-0.2, -0.15) is 0 Å². The van der Waals surface area contributed by atoms with Gasteiger partial charge in [0.05, 0.1) is 23.4 Å². The van der Waals surface area contributed by atoms with Crippen LogP contribution in [-0.4, -0.2) is 44.8 Å². The van der Waals surface area contributed by atoms with Gasteiger partial charge < -0.3 is 15.2 Å². The monoisotopic (exact) mass is 300 g/mol. The van der Waals surface area contributed by atoms with Crippen molar-refractivity contribution < 1.29 is 9.59 Å². The molecule has 1 aliphatic heterocycles. The molecule has 2 heterocycles. The van der Waals surface area contributed by atoms with Crippen LogP contribution in [0.15, 0.2) is 24.5 Å². The van der Waals surface area contributed by atoms with E-state index in [0.29, 0.717) is 18.5 Å². The number of aromatic amines is 1. The third kappa shape index (κ3) is 2.68. The number of rotatable bonds is 2. The molecule has 1 fully saturated rings. The summed E-state index contributed by atoms with van der Waals surface area (Å²) in [6.45, 7) is 6.56. The molecule has 22 heavy (non-hydrogen) atoms. The third-order valence-electron chi connectivity index (χ3n) is 3.95. The second-order valence-electron chi connectivity index (χ2n) is 6.68. The van der Waals surface area contributed by atoms with Crippen molar-refractivity contribution in [2.24, 2.45) is 0 Å². The lowest BCUT2D eigenvalue weighted by molar-refractivity contribution is -0.131. The van der Waals surface area contributed by atoms with E-state index in [0.717, 1.165) is 11.0 Å². The molecular formula is C16H20N4O2. The van der Waals surface area contributed by atoms with Crippen LogP contribution in [0.1, 0.15) is 37.6 Å². The molecule has 2 N–H and O–H groups in total. The Kier molecular flexibility index (Phi) is 3.39. The number of imidazole rings is 1. The molecule has 116 valence electrons. The topological polar surface area (TPSA) is 78.1 Å². The molecule has 0 aliphatic carbocycles. The number of likely N-dealkylation sites (tertiary alicyclic amines) is 1. The second kappa shape index (κ2) is 5.12. The smallest absolute Gasteiger partial charge is 0.251 e. The standard InChI is InChI=1S/C16H20N4O2/c1-16(2,3)20-8-11(7-14(20)21)19-15(22)10-4-5-12-13(6-10)18-9-17-12/h4-6,9,11H,7-8H2,1-3H3,(H,17,18)(H,19,22)/t11-/m1/s1. The largest absolute Gasteiger partial charge is 0.347 e. The van der Waals surface area contributed by atoms with E-state index in [1.807, 2.05) is 31.7 Å². The number of nitrogens with zero attached hydrogens (tertiary/aromatic N) is 2. The fourth-order valence-corrected chi connectivity index (χ4v) is 2.80. The first-order valence-electron chi connectivity index (χ1n) is 7.39. The van der Waals surface area contributed by atoms with Crippen LogP contribution in [0, 0.1) is 0 Å². The average Bonchev–Trinajstić information content (AvgIpc) is 3.03. The molecule has 3 rings (SSSR count). The Balaban J connectivity index is 1.71. The van der Waals surface area contributed by atoms with Crippen molar-refractivity contribution in [1.82, 2.24) is 20.2 Å². The Hall–Kier alpha value is -2.37. The van der Waals surface area contributed by atoms with Gasteiger partial charge in [0.1, 0.15) is 0 Å². The van der Waals surface area contributed by atoms with Crippen LogP contribution < -0.4 is 5.32 Å². The number of carbonyl (C=O) groups excluding carboxylic acids is 2. The van der Waals surface area contributed by atoms with Crippen LogP contribution in [0.25, 0.3) is 11.0 Å². The van der Waals surface area contributed by atoms with Gasteiger partial charge in [0.2, 0.25) is 5.91 Å². The van der Waals surface area contributed by atoms with E-state index in [1.165, 1.54) is 0 Å². The normalized spacial score (nSPS) is 19.0. The third-order valence-corrected chi connectivity index (χ3v) is 3.95. The van der Waals surface area contributed by atoms with E-state index in [4.69, 9.17) is 0 Å². The summed E-state index contributed by atoms with van der Waals surface area (Å²) in [5, 5.41) is 2.95. The van der Waals surface area contributed by atoms with Gasteiger partial charge in [-0.1, -0.05) is 0 Å². The molecule has 1 saturated heterocycles. The first kappa shape index (κ1) is 14.6. The lowest BCUT2D eigenvalue weighted by Gasteiger charge is -2.32. The molecule has 0 unspecified atom stereocenters. The summed E-state index contributed by atoms with van der Waals surface area (Å²) >= 11 is 0. The van der Waals surface area contributed by atoms with Gasteiger partial charge in [0, 0.05) is 24.1 Å². The highest BCUT2D eigenvalue weighted by molar-refractivity contribution is 5.98. The summed E-state index contributed by atoms with van der Waals surface area (Å²) in [4.78, 5) is 33.3. The van der Waals surface area contributed by atoms with Gasteiger partial charge >= 0.3 is 0 Å². The molecule has 1 aromatic carbocycles. The number of carbonyl (C=O) groups is 2. The van der Waals surface area contributed by atoms with Crippen molar-refractivity contribution in [2.45, 2.75) is 38.8 Å². The van der Waals surface area contributed by atoms with Gasteiger partial charge in [-0.3, -0.25) is 9.59 Å². The summed E-state index contributed by atoms with van der Waals surface area (Å²) in [6, 6.07) is 5.19. The van der Waals surface area contributed by atoms with Crippen LogP contribution in [-0.2, 0) is 4.79 Å². The molecular weight excluding hydrogens is 280 g/mol. The number of hydrogen-bond donors (Lipinski definition) is 2. The molecule has 2 amide bonds. The van der Waals surface area contributed by atoms with Gasteiger partial charge in [-0.25, -0.2) is 4.98 Å². The van der Waals surface area contributed by atoms with Crippen LogP contribution in [0.3, 0.4) is 0 Å². The van der Waals surface area contributed by atoms with E-state index in [2.05, 4.69) is 15.3 Å². The second-order valence-corrected chi connectivity index (χ2v) is 6.68. The van der Waals surface area contributed by atoms with Crippen molar-refractivity contribution in [3.63, 3.8) is 0 Å². The predicted molar refractivity (Wildman–Crippen MR) is 83.4 cm³/mol. The molecule has 1 atom stereocenters. The van der Waals surface area contributed by atoms with Crippen molar-refractivity contribution in [3.05, 3.63) is 30.1 Å². The lowest BCUT2D eigenvalue weighted by atomic mass is 10.1. The summed E-state index contributed by atoms with van der Waals surface area (Å²) < 4.78 is 0. The Morgan fingerprint density at radius 2 is 2.18 bits per heavy atom. The molecule has 0 radical (unpaired) electrons. The Morgan fingerprint density at radius 3 is 2.86 bits per heavy atom. The Bertz CT molecular complexity index is 729. The highest BCUT2D eigenvalue weighted by Crippen LogP contribution is 2.22. The summed E-state index contributed by atoms with van der Waals surface area (Å²) in [5.41, 5.74) is 2.00. The van der Waals surface area contributed by atoms with Crippen molar-refractivity contribution in [1.29, 1.82) is 0 Å². The number of nitrogens with one attached hydrogen (secondary N) is 2. The minimum atomic E-state index is -0.217. The van der Waals surface area contributed by atoms with Crippen LogP contribution in [0.4, 0.5) is 0 Å². The summed E-state index contributed by atoms with van der Waals surface area (Å²) in [5.74, 6) is -0.0770. The number of benzene rings is 1. The molecule has 0 spiro atoms. The maximum absolute atomic E-state index is 12.4. The van der Waals surface area contributed by atoms with Gasteiger partial charge in [-0.05, 0) is 39.0 Å². The number of amides is 2. The maximum atomic E-state index is 12.4. The minimum Gasteiger partial charge on any atom is -0.347 e. The molecule has 1 aliphatic rings. The number of aromatic nitrogens is 2. The van der Waals surface area contributed by atoms with E-state index in [9.17, 15) is 9.59 Å². The van der Waals surface area contributed by atoms with E-state index in [1.54, 1.807) is 18.5 Å². The first-order chi connectivity index (χ1) is 10.3. The van der Waals surface area contributed by atoms with Gasteiger partial charge in [0.15, 0.2) is 0 Å². The van der Waals surface area contributed by atoms with Crippen molar-refractivity contribution in [3.8, 4) is 0 Å². The van der Waals surface area contributed by atoms with Gasteiger partial charge in [-0.15, -0.1) is 0 Å². The van der Waals surface area contributed by atoms with Crippen LogP contribution >= 0.6 is 0 Å². The zero-order valence-corrected chi connectivity index (χ0v) is 13.0. The number of hydrogen-bond acceptors (Lipinski definition) is 3. The lowest BCUT2D eigenvalue weighted by Crippen LogP contribution is -2.44. The van der Waals surface area contributed by atoms with Crippen LogP contribution in [0.5, 0.6) is 0 Å². The fraction of sp³-hybridized carbons (Fsp3) is 0.438. The minimum absolute atomic E-state index is 0.0850. The van der Waals surface area contributed by atoms with Crippen LogP contribution in [0.2, 0.25) is 0 Å². The SMILES string of the molecule is CC(C)(C)N1C[C@H](NC(=O)c2ccc3nc[nH]c3c2)CC1=O. The Labute approximate surface area is 128 Å². The van der Waals surface area contributed by atoms with E-state index < -0.39 is 0 Å². The van der Waals surface area contributed by atoms with Gasteiger partial charge in [0.25, 0.3) is 5.91 Å². The number of H-pyrrole nitrogens is 1. The number of fused-ring (bicyclic) bond motifs is 1. The molecule has 2 aromatic rings. The highest BCUT2D eigenvalue weighted by Gasteiger charge is 2.36. The predicted octanol–water partition coefficient (Wildman–Crippen LogP) is 1.69. The first-order valence-corrected chi connectivity index (χ1v) is 7.39. The Morgan fingerprint density at radius 1 is 1.41 bits per heavy atom. The summed E-state index contributed by atoms with van der Waals surface area (Å²) in [6.07, 6.45) is 1.96. The van der Waals surface area contributed by atoms with E-state index >= 15 is 0 Å². The quantitative estimate of drug-likeness (QED) is 0.886. The van der Waals surface area contributed by atoms with E-state index in [-0.39, 0.29) is 23.4 Å². The summed E-state index contributed by atoms with van der Waals surface area (Å²) in [7, 11) is 0. The highest BCUT2D eigenvalue weighted by atomic mass is 16.2. The zero-order chi connectivity index (χ0) is 15.9. The average molecular weight is 300 g/mol. The molecule has 6 nitrogen and oxygen atoms in total. The molecule has 6 heteroatoms.